The quantitative estimate of drug-likeness (QED) is 0.128. The molecule has 0 atom stereocenters. The molecule has 0 saturated heterocycles. The normalized spacial score (nSPS) is 13.3. The van der Waals surface area contributed by atoms with Gasteiger partial charge in [0.2, 0.25) is 0 Å². The number of amidine groups is 2. The summed E-state index contributed by atoms with van der Waals surface area (Å²) in [5.41, 5.74) is 10.1. The van der Waals surface area contributed by atoms with E-state index in [1.807, 2.05) is 20.8 Å². The molecule has 0 spiro atoms. The molecular formula is C19H31CuN7OS2. The average molecular weight is 501 g/mol. The van der Waals surface area contributed by atoms with E-state index in [0.717, 1.165) is 29.9 Å². The smallest absolute Gasteiger partial charge is 0.741 e. The second kappa shape index (κ2) is 15.3. The number of ether oxygens (including phenoxy) is 1. The number of nitrogens with one attached hydrogen (secondary N) is 2. The maximum Gasteiger partial charge on any atom is 2.00 e. The van der Waals surface area contributed by atoms with Crippen LogP contribution in [0.25, 0.3) is 0 Å². The van der Waals surface area contributed by atoms with E-state index in [4.69, 9.17) is 30.0 Å². The molecule has 1 aromatic rings. The van der Waals surface area contributed by atoms with Crippen molar-refractivity contribution in [1.82, 2.24) is 15.4 Å². The summed E-state index contributed by atoms with van der Waals surface area (Å²) >= 11 is 10.3. The molecule has 0 amide bonds. The zero-order valence-electron chi connectivity index (χ0n) is 18.4. The van der Waals surface area contributed by atoms with Crippen molar-refractivity contribution in [2.45, 2.75) is 47.6 Å². The van der Waals surface area contributed by atoms with Crippen LogP contribution in [-0.2, 0) is 53.6 Å². The summed E-state index contributed by atoms with van der Waals surface area (Å²) in [6.45, 7) is 12.6. The van der Waals surface area contributed by atoms with Gasteiger partial charge in [0.1, 0.15) is 5.71 Å². The minimum absolute atomic E-state index is 0. The van der Waals surface area contributed by atoms with E-state index in [-0.39, 0.29) is 17.1 Å². The number of nitrogens with zero attached hydrogens (tertiary/aromatic N) is 5. The summed E-state index contributed by atoms with van der Waals surface area (Å²) in [6.07, 6.45) is 0.928. The van der Waals surface area contributed by atoms with Gasteiger partial charge in [-0.1, -0.05) is 0 Å². The number of hydrogen-bond donors (Lipinski definition) is 2. The van der Waals surface area contributed by atoms with Crippen LogP contribution in [-0.4, -0.2) is 53.1 Å². The number of methoxy groups -OCH3 is 1. The zero-order valence-corrected chi connectivity index (χ0v) is 20.9. The second-order valence-corrected chi connectivity index (χ2v) is 7.00. The van der Waals surface area contributed by atoms with Crippen molar-refractivity contribution < 1.29 is 21.8 Å². The van der Waals surface area contributed by atoms with Crippen molar-refractivity contribution in [1.29, 1.82) is 0 Å². The third-order valence-electron chi connectivity index (χ3n) is 4.09. The molecule has 1 rings (SSSR count). The Kier molecular flexibility index (Phi) is 14.5. The van der Waals surface area contributed by atoms with E-state index >= 15 is 0 Å². The first-order valence-electron chi connectivity index (χ1n) is 9.58. The first-order valence-corrected chi connectivity index (χ1v) is 10.4. The standard InChI is InChI=1S/C19H33N7OS2.Cu/c1-7-20-18(28)24-22-14(4)17(23-25-19(29)21-8-2)16-12-13(3)26(15(16)5)10-9-11-27-6;/h12H,7-11H2,1-6H3,(H2,20,24,28)(H2,21,25,29);/q;+2/p-2/b22-14+,23-17-;. The third kappa shape index (κ3) is 9.09. The molecule has 0 fully saturated rings. The predicted molar refractivity (Wildman–Crippen MR) is 127 cm³/mol. The van der Waals surface area contributed by atoms with Crippen molar-refractivity contribution in [2.24, 2.45) is 20.2 Å². The van der Waals surface area contributed by atoms with Crippen molar-refractivity contribution in [3.8, 4) is 0 Å². The molecule has 171 valence electrons. The van der Waals surface area contributed by atoms with Gasteiger partial charge in [0.25, 0.3) is 0 Å². The summed E-state index contributed by atoms with van der Waals surface area (Å²) in [6, 6.07) is 2.09. The van der Waals surface area contributed by atoms with Gasteiger partial charge in [-0.2, -0.15) is 10.2 Å². The van der Waals surface area contributed by atoms with Gasteiger partial charge >= 0.3 is 17.1 Å². The van der Waals surface area contributed by atoms with Gasteiger partial charge in [-0.3, -0.25) is 20.8 Å². The van der Waals surface area contributed by atoms with Crippen LogP contribution in [0.4, 0.5) is 0 Å². The average Bonchev–Trinajstić information content (AvgIpc) is 2.95. The van der Waals surface area contributed by atoms with Gasteiger partial charge < -0.3 is 34.6 Å². The van der Waals surface area contributed by atoms with Gasteiger partial charge in [-0.25, -0.2) is 0 Å². The minimum atomic E-state index is 0. The molecule has 0 aliphatic carbocycles. The summed E-state index contributed by atoms with van der Waals surface area (Å²) in [4.78, 5) is 8.26. The molecule has 0 saturated carbocycles. The number of aryl methyl sites for hydroxylation is 1. The van der Waals surface area contributed by atoms with Crippen LogP contribution in [0.15, 0.2) is 26.3 Å². The van der Waals surface area contributed by atoms with E-state index in [0.29, 0.717) is 41.5 Å². The van der Waals surface area contributed by atoms with E-state index in [1.165, 1.54) is 0 Å². The Morgan fingerprint density at radius 3 is 2.17 bits per heavy atom. The van der Waals surface area contributed by atoms with Crippen LogP contribution in [0.3, 0.4) is 0 Å². The Morgan fingerprint density at radius 1 is 1.07 bits per heavy atom. The van der Waals surface area contributed by atoms with E-state index < -0.39 is 0 Å². The summed E-state index contributed by atoms with van der Waals surface area (Å²) in [5, 5.41) is 9.52. The van der Waals surface area contributed by atoms with Crippen LogP contribution < -0.4 is 10.9 Å². The molecular weight excluding hydrogens is 470 g/mol. The summed E-state index contributed by atoms with van der Waals surface area (Å²) < 4.78 is 7.42. The van der Waals surface area contributed by atoms with Gasteiger partial charge in [0.15, 0.2) is 0 Å². The van der Waals surface area contributed by atoms with E-state index in [1.54, 1.807) is 7.11 Å². The SMILES string of the molecule is CCN=C([S-])N/N=C(C)/C(=N/NC([S-])=NCC)c1cc(C)n(CCCOC)c1C.[Cu+2]. The molecule has 1 radical (unpaired) electrons. The first kappa shape index (κ1) is 28.5. The molecule has 30 heavy (non-hydrogen) atoms. The van der Waals surface area contributed by atoms with Crippen molar-refractivity contribution in [3.05, 3.63) is 23.0 Å². The number of hydrazone groups is 2. The number of rotatable bonds is 10. The van der Waals surface area contributed by atoms with Gasteiger partial charge in [0.05, 0.1) is 5.71 Å². The molecule has 8 nitrogen and oxygen atoms in total. The molecule has 11 heteroatoms. The summed E-state index contributed by atoms with van der Waals surface area (Å²) in [7, 11) is 1.71. The fraction of sp³-hybridized carbons (Fsp3) is 0.579. The fourth-order valence-corrected chi connectivity index (χ4v) is 3.08. The maximum absolute atomic E-state index is 5.19. The molecule has 0 unspecified atom stereocenters. The molecule has 1 heterocycles. The molecule has 0 aromatic carbocycles. The van der Waals surface area contributed by atoms with Gasteiger partial charge in [-0.15, -0.1) is 0 Å². The topological polar surface area (TPSA) is 87.7 Å². The Morgan fingerprint density at radius 2 is 1.63 bits per heavy atom. The number of aliphatic imine (C=N–C) groups is 2. The predicted octanol–water partition coefficient (Wildman–Crippen LogP) is 2.24. The van der Waals surface area contributed by atoms with E-state index in [2.05, 4.69) is 55.5 Å². The van der Waals surface area contributed by atoms with Crippen molar-refractivity contribution in [2.75, 3.05) is 26.8 Å². The van der Waals surface area contributed by atoms with Crippen molar-refractivity contribution in [3.63, 3.8) is 0 Å². The first-order chi connectivity index (χ1) is 13.8. The Labute approximate surface area is 201 Å². The number of aromatic nitrogens is 1. The Hall–Kier alpha value is -1.52. The molecule has 0 aliphatic rings. The number of hydrogen-bond acceptors (Lipinski definition) is 7. The van der Waals surface area contributed by atoms with Crippen LogP contribution >= 0.6 is 0 Å². The van der Waals surface area contributed by atoms with Crippen molar-refractivity contribution >= 4 is 47.0 Å². The van der Waals surface area contributed by atoms with Crippen LogP contribution in [0.1, 0.15) is 44.1 Å². The minimum Gasteiger partial charge on any atom is -0.741 e. The second-order valence-electron chi connectivity index (χ2n) is 6.22. The van der Waals surface area contributed by atoms with Crippen LogP contribution in [0.2, 0.25) is 0 Å². The molecule has 0 bridgehead atoms. The van der Waals surface area contributed by atoms with Crippen LogP contribution in [0.5, 0.6) is 0 Å². The molecule has 2 N–H and O–H groups in total. The monoisotopic (exact) mass is 500 g/mol. The van der Waals surface area contributed by atoms with Gasteiger partial charge in [0, 0.05) is 50.3 Å². The molecule has 1 aromatic heterocycles. The Bertz CT molecular complexity index is 788. The third-order valence-corrected chi connectivity index (χ3v) is 4.53. The Balaban J connectivity index is 0.00000841. The zero-order chi connectivity index (χ0) is 21.8. The van der Waals surface area contributed by atoms with Crippen LogP contribution in [0, 0.1) is 13.8 Å². The molecule has 0 aliphatic heterocycles. The largest absolute Gasteiger partial charge is 2.00 e. The summed E-state index contributed by atoms with van der Waals surface area (Å²) in [5.74, 6) is 0. The fourth-order valence-electron chi connectivity index (χ4n) is 2.73. The van der Waals surface area contributed by atoms with Gasteiger partial charge in [-0.05, 0) is 57.4 Å². The van der Waals surface area contributed by atoms with E-state index in [9.17, 15) is 0 Å². The maximum atomic E-state index is 5.19.